The predicted molar refractivity (Wildman–Crippen MR) is 130 cm³/mol. The number of carbonyl (C=O) groups excluding carboxylic acids is 1. The van der Waals surface area contributed by atoms with Crippen molar-refractivity contribution in [3.05, 3.63) is 102 Å². The van der Waals surface area contributed by atoms with Crippen LogP contribution in [-0.4, -0.2) is 22.8 Å². The van der Waals surface area contributed by atoms with Gasteiger partial charge in [0.15, 0.2) is 0 Å². The fourth-order valence-electron chi connectivity index (χ4n) is 4.12. The van der Waals surface area contributed by atoms with Crippen LogP contribution in [0.2, 0.25) is 0 Å². The molecule has 0 radical (unpaired) electrons. The Hall–Kier alpha value is -4.39. The van der Waals surface area contributed by atoms with Gasteiger partial charge in [0.05, 0.1) is 23.9 Å². The van der Waals surface area contributed by atoms with Crippen LogP contribution in [0.25, 0.3) is 17.0 Å². The van der Waals surface area contributed by atoms with E-state index in [2.05, 4.69) is 10.5 Å². The lowest BCUT2D eigenvalue weighted by Crippen LogP contribution is -2.46. The number of nitrogens with zero attached hydrogens (tertiary/aromatic N) is 3. The molecule has 34 heavy (non-hydrogen) atoms. The third kappa shape index (κ3) is 4.03. The zero-order valence-corrected chi connectivity index (χ0v) is 18.9. The van der Waals surface area contributed by atoms with Crippen molar-refractivity contribution in [2.24, 2.45) is 0 Å². The minimum atomic E-state index is -0.466. The molecule has 0 saturated carbocycles. The van der Waals surface area contributed by atoms with Gasteiger partial charge in [-0.05, 0) is 43.7 Å². The average molecular weight is 453 g/mol. The van der Waals surface area contributed by atoms with Gasteiger partial charge in [-0.3, -0.25) is 4.90 Å². The molecule has 0 fully saturated rings. The summed E-state index contributed by atoms with van der Waals surface area (Å²) in [5.41, 5.74) is 3.95. The first kappa shape index (κ1) is 21.5. The molecule has 170 valence electrons. The van der Waals surface area contributed by atoms with Crippen molar-refractivity contribution >= 4 is 17.3 Å². The molecule has 0 bridgehead atoms. The molecular formula is C27H24N4O3. The van der Waals surface area contributed by atoms with E-state index < -0.39 is 6.04 Å². The number of para-hydroxylation sites is 1. The summed E-state index contributed by atoms with van der Waals surface area (Å²) in [4.78, 5) is 19.6. The van der Waals surface area contributed by atoms with Crippen LogP contribution in [-0.2, 0) is 0 Å². The Kier molecular flexibility index (Phi) is 5.82. The maximum absolute atomic E-state index is 13.3. The molecule has 0 spiro atoms. The molecule has 7 nitrogen and oxygen atoms in total. The summed E-state index contributed by atoms with van der Waals surface area (Å²) in [6.45, 7) is 4.42. The lowest BCUT2D eigenvalue weighted by atomic mass is 9.94. The number of aromatic nitrogens is 2. The molecule has 1 aromatic heterocycles. The minimum Gasteiger partial charge on any atom is -0.494 e. The van der Waals surface area contributed by atoms with Crippen LogP contribution in [0, 0.1) is 0 Å². The molecule has 4 aromatic rings. The van der Waals surface area contributed by atoms with Gasteiger partial charge >= 0.3 is 6.03 Å². The fourth-order valence-corrected chi connectivity index (χ4v) is 4.12. The lowest BCUT2D eigenvalue weighted by Gasteiger charge is -2.35. The number of anilines is 1. The van der Waals surface area contributed by atoms with E-state index in [1.807, 2.05) is 98.8 Å². The van der Waals surface area contributed by atoms with E-state index in [4.69, 9.17) is 14.2 Å². The molecule has 1 unspecified atom stereocenters. The quantitative estimate of drug-likeness (QED) is 0.398. The first-order valence-corrected chi connectivity index (χ1v) is 11.1. The predicted octanol–water partition coefficient (Wildman–Crippen LogP) is 5.84. The normalized spacial score (nSPS) is 15.9. The Morgan fingerprint density at radius 1 is 0.971 bits per heavy atom. The van der Waals surface area contributed by atoms with Gasteiger partial charge in [0.2, 0.25) is 5.82 Å². The minimum absolute atomic E-state index is 0.228. The molecule has 5 rings (SSSR count). The van der Waals surface area contributed by atoms with Gasteiger partial charge in [-0.2, -0.15) is 4.98 Å². The number of carbonyl (C=O) groups is 1. The zero-order valence-electron chi connectivity index (χ0n) is 18.9. The third-order valence-corrected chi connectivity index (χ3v) is 5.71. The highest BCUT2D eigenvalue weighted by Gasteiger charge is 2.36. The second kappa shape index (κ2) is 9.23. The standard InChI is InChI=1S/C27H24N4O3/c1-3-33-22-16-14-19(15-17-22)24-23(26-29-25(30-34-26)20-10-6-4-7-11-20)18(2)31(27(32)28-24)21-12-8-5-9-13-21/h4-17,24H,3H2,1-2H3,(H,28,32). The van der Waals surface area contributed by atoms with Gasteiger partial charge in [-0.1, -0.05) is 65.8 Å². The second-order valence-corrected chi connectivity index (χ2v) is 7.84. The van der Waals surface area contributed by atoms with Gasteiger partial charge in [-0.15, -0.1) is 0 Å². The van der Waals surface area contributed by atoms with Gasteiger partial charge < -0.3 is 14.6 Å². The van der Waals surface area contributed by atoms with E-state index in [0.29, 0.717) is 18.3 Å². The molecule has 0 aliphatic carbocycles. The van der Waals surface area contributed by atoms with E-state index in [-0.39, 0.29) is 6.03 Å². The fraction of sp³-hybridized carbons (Fsp3) is 0.148. The van der Waals surface area contributed by atoms with Crippen LogP contribution < -0.4 is 15.0 Å². The monoisotopic (exact) mass is 452 g/mol. The summed E-state index contributed by atoms with van der Waals surface area (Å²) < 4.78 is 11.3. The van der Waals surface area contributed by atoms with Gasteiger partial charge in [0.1, 0.15) is 5.75 Å². The molecule has 1 atom stereocenters. The smallest absolute Gasteiger partial charge is 0.326 e. The summed E-state index contributed by atoms with van der Waals surface area (Å²) in [6.07, 6.45) is 0. The molecule has 1 N–H and O–H groups in total. The number of hydrogen-bond acceptors (Lipinski definition) is 5. The number of allylic oxidation sites excluding steroid dienone is 1. The zero-order chi connectivity index (χ0) is 23.5. The first-order chi connectivity index (χ1) is 16.7. The molecule has 1 aliphatic heterocycles. The van der Waals surface area contributed by atoms with Crippen molar-refractivity contribution in [2.45, 2.75) is 19.9 Å². The van der Waals surface area contributed by atoms with Crippen molar-refractivity contribution in [1.82, 2.24) is 15.5 Å². The first-order valence-electron chi connectivity index (χ1n) is 11.1. The van der Waals surface area contributed by atoms with Crippen molar-refractivity contribution in [3.8, 4) is 17.1 Å². The van der Waals surface area contributed by atoms with Crippen molar-refractivity contribution in [3.63, 3.8) is 0 Å². The second-order valence-electron chi connectivity index (χ2n) is 7.84. The Labute approximate surface area is 197 Å². The summed E-state index contributed by atoms with van der Waals surface area (Å²) in [5.74, 6) is 1.62. The number of amides is 2. The van der Waals surface area contributed by atoms with E-state index in [0.717, 1.165) is 33.8 Å². The molecule has 7 heteroatoms. The number of benzene rings is 3. The molecule has 2 amide bonds. The Balaban J connectivity index is 1.62. The van der Waals surface area contributed by atoms with Gasteiger partial charge in [-0.25, -0.2) is 4.79 Å². The Bertz CT molecular complexity index is 1320. The number of ether oxygens (including phenoxy) is 1. The van der Waals surface area contributed by atoms with Gasteiger partial charge in [0.25, 0.3) is 5.89 Å². The highest BCUT2D eigenvalue weighted by Crippen LogP contribution is 2.39. The Morgan fingerprint density at radius 3 is 2.32 bits per heavy atom. The number of rotatable bonds is 6. The van der Waals surface area contributed by atoms with Crippen LogP contribution in [0.3, 0.4) is 0 Å². The summed E-state index contributed by atoms with van der Waals surface area (Å²) in [6, 6.07) is 26.1. The van der Waals surface area contributed by atoms with Crippen LogP contribution in [0.5, 0.6) is 5.75 Å². The van der Waals surface area contributed by atoms with Crippen molar-refractivity contribution < 1.29 is 14.1 Å². The van der Waals surface area contributed by atoms with E-state index >= 15 is 0 Å². The lowest BCUT2D eigenvalue weighted by molar-refractivity contribution is 0.244. The van der Waals surface area contributed by atoms with Crippen LogP contribution >= 0.6 is 0 Å². The van der Waals surface area contributed by atoms with Crippen molar-refractivity contribution in [1.29, 1.82) is 0 Å². The van der Waals surface area contributed by atoms with Crippen LogP contribution in [0.1, 0.15) is 31.3 Å². The van der Waals surface area contributed by atoms with E-state index in [1.165, 1.54) is 0 Å². The number of urea groups is 1. The van der Waals surface area contributed by atoms with Crippen LogP contribution in [0.15, 0.2) is 95.1 Å². The number of nitrogens with one attached hydrogen (secondary N) is 1. The van der Waals surface area contributed by atoms with Crippen LogP contribution in [0.4, 0.5) is 10.5 Å². The topological polar surface area (TPSA) is 80.5 Å². The third-order valence-electron chi connectivity index (χ3n) is 5.71. The van der Waals surface area contributed by atoms with Gasteiger partial charge in [0, 0.05) is 11.3 Å². The molecule has 2 heterocycles. The molecule has 3 aromatic carbocycles. The largest absolute Gasteiger partial charge is 0.494 e. The maximum atomic E-state index is 13.3. The summed E-state index contributed by atoms with van der Waals surface area (Å²) in [7, 11) is 0. The molecule has 1 aliphatic rings. The maximum Gasteiger partial charge on any atom is 0.326 e. The molecular weight excluding hydrogens is 428 g/mol. The number of hydrogen-bond donors (Lipinski definition) is 1. The summed E-state index contributed by atoms with van der Waals surface area (Å²) in [5, 5.41) is 7.33. The van der Waals surface area contributed by atoms with Crippen molar-refractivity contribution in [2.75, 3.05) is 11.5 Å². The summed E-state index contributed by atoms with van der Waals surface area (Å²) >= 11 is 0. The molecule has 0 saturated heterocycles. The average Bonchev–Trinajstić information content (AvgIpc) is 3.35. The van der Waals surface area contributed by atoms with E-state index in [9.17, 15) is 4.79 Å². The highest BCUT2D eigenvalue weighted by molar-refractivity contribution is 6.01. The van der Waals surface area contributed by atoms with E-state index in [1.54, 1.807) is 4.90 Å². The highest BCUT2D eigenvalue weighted by atomic mass is 16.5. The SMILES string of the molecule is CCOc1ccc(C2NC(=O)N(c3ccccc3)C(C)=C2c2nc(-c3ccccc3)no2)cc1. The Morgan fingerprint density at radius 2 is 1.65 bits per heavy atom.